The summed E-state index contributed by atoms with van der Waals surface area (Å²) < 4.78 is 5.77. The monoisotopic (exact) mass is 350 g/mol. The minimum absolute atomic E-state index is 0. The first-order valence-corrected chi connectivity index (χ1v) is 8.67. The number of rotatable bonds is 6. The van der Waals surface area contributed by atoms with Crippen LogP contribution in [0.4, 0.5) is 0 Å². The minimum atomic E-state index is 0. The van der Waals surface area contributed by atoms with Gasteiger partial charge in [0.1, 0.15) is 11.3 Å². The second-order valence-electron chi connectivity index (χ2n) is 6.64. The maximum atomic E-state index is 12.1. The van der Waals surface area contributed by atoms with Crippen LogP contribution in [0.25, 0.3) is 11.0 Å². The Balaban J connectivity index is 0.00000208. The van der Waals surface area contributed by atoms with Gasteiger partial charge < -0.3 is 15.1 Å². The lowest BCUT2D eigenvalue weighted by Crippen LogP contribution is -2.35. The Hall–Kier alpha value is -1.52. The maximum absolute atomic E-state index is 12.1. The number of nitrogens with one attached hydrogen (secondary N) is 2. The van der Waals surface area contributed by atoms with Crippen molar-refractivity contribution in [3.63, 3.8) is 0 Å². The average molecular weight is 351 g/mol. The number of piperidine rings is 1. The summed E-state index contributed by atoms with van der Waals surface area (Å²) in [5, 5.41) is 7.57. The molecule has 1 fully saturated rings. The second kappa shape index (κ2) is 9.09. The van der Waals surface area contributed by atoms with Crippen LogP contribution in [0.15, 0.2) is 34.7 Å². The van der Waals surface area contributed by atoms with E-state index < -0.39 is 0 Å². The summed E-state index contributed by atoms with van der Waals surface area (Å²) in [5.41, 5.74) is 0.909. The normalized spacial score (nSPS) is 18.8. The fourth-order valence-corrected chi connectivity index (χ4v) is 3.38. The summed E-state index contributed by atoms with van der Waals surface area (Å²) in [6.07, 6.45) is 3.81. The van der Waals surface area contributed by atoms with Crippen LogP contribution in [0.3, 0.4) is 0 Å². The summed E-state index contributed by atoms with van der Waals surface area (Å²) in [7, 11) is 0. The Bertz CT molecular complexity index is 617. The van der Waals surface area contributed by atoms with Crippen LogP contribution in [-0.2, 0) is 11.2 Å². The zero-order valence-electron chi connectivity index (χ0n) is 14.2. The van der Waals surface area contributed by atoms with E-state index in [9.17, 15) is 4.79 Å². The Morgan fingerprint density at radius 1 is 1.42 bits per heavy atom. The van der Waals surface area contributed by atoms with Gasteiger partial charge in [0, 0.05) is 24.8 Å². The maximum Gasteiger partial charge on any atom is 0.220 e. The molecule has 2 atom stereocenters. The van der Waals surface area contributed by atoms with Crippen molar-refractivity contribution in [3.8, 4) is 0 Å². The van der Waals surface area contributed by atoms with Crippen LogP contribution in [0.5, 0.6) is 0 Å². The molecule has 0 aliphatic carbocycles. The number of hydrogen-bond donors (Lipinski definition) is 2. The summed E-state index contributed by atoms with van der Waals surface area (Å²) in [4.78, 5) is 12.1. The molecule has 1 aliphatic heterocycles. The predicted octanol–water partition coefficient (Wildman–Crippen LogP) is 3.54. The van der Waals surface area contributed by atoms with E-state index >= 15 is 0 Å². The summed E-state index contributed by atoms with van der Waals surface area (Å²) in [6, 6.07) is 10.0. The van der Waals surface area contributed by atoms with Gasteiger partial charge >= 0.3 is 0 Å². The average Bonchev–Trinajstić information content (AvgIpc) is 2.98. The molecule has 2 heterocycles. The van der Waals surface area contributed by atoms with Crippen molar-refractivity contribution in [2.24, 2.45) is 11.8 Å². The van der Waals surface area contributed by atoms with E-state index in [2.05, 4.69) is 23.6 Å². The van der Waals surface area contributed by atoms with Crippen molar-refractivity contribution in [2.75, 3.05) is 19.6 Å². The summed E-state index contributed by atoms with van der Waals surface area (Å²) >= 11 is 0. The van der Waals surface area contributed by atoms with Gasteiger partial charge in [-0.15, -0.1) is 12.4 Å². The van der Waals surface area contributed by atoms with Crippen molar-refractivity contribution in [1.82, 2.24) is 10.6 Å². The third-order valence-corrected chi connectivity index (χ3v) is 4.82. The van der Waals surface area contributed by atoms with E-state index in [0.29, 0.717) is 24.8 Å². The van der Waals surface area contributed by atoms with Crippen molar-refractivity contribution in [1.29, 1.82) is 0 Å². The van der Waals surface area contributed by atoms with Gasteiger partial charge in [-0.25, -0.2) is 0 Å². The molecule has 1 saturated heterocycles. The Labute approximate surface area is 149 Å². The van der Waals surface area contributed by atoms with Crippen molar-refractivity contribution in [2.45, 2.75) is 32.6 Å². The van der Waals surface area contributed by atoms with Gasteiger partial charge in [-0.05, 0) is 49.9 Å². The van der Waals surface area contributed by atoms with E-state index in [0.717, 1.165) is 36.2 Å². The second-order valence-corrected chi connectivity index (χ2v) is 6.64. The summed E-state index contributed by atoms with van der Waals surface area (Å²) in [6.45, 7) is 4.99. The molecule has 0 bridgehead atoms. The standard InChI is InChI=1S/C19H26N2O2.ClH/c1-14(16-6-4-9-20-13-16)11-19(22)21-10-8-17-12-15-5-2-3-7-18(15)23-17;/h2-3,5,7,12,14,16,20H,4,6,8-11,13H2,1H3,(H,21,22);1H. The van der Waals surface area contributed by atoms with Crippen molar-refractivity contribution < 1.29 is 9.21 Å². The van der Waals surface area contributed by atoms with Crippen molar-refractivity contribution >= 4 is 29.3 Å². The first-order chi connectivity index (χ1) is 11.2. The van der Waals surface area contributed by atoms with Gasteiger partial charge in [-0.3, -0.25) is 4.79 Å². The highest BCUT2D eigenvalue weighted by molar-refractivity contribution is 5.85. The number of carbonyl (C=O) groups excluding carboxylic acids is 1. The van der Waals surface area contributed by atoms with Gasteiger partial charge in [0.15, 0.2) is 0 Å². The van der Waals surface area contributed by atoms with Crippen molar-refractivity contribution in [3.05, 3.63) is 36.1 Å². The fraction of sp³-hybridized carbons (Fsp3) is 0.526. The molecule has 1 amide bonds. The van der Waals surface area contributed by atoms with Crippen LogP contribution in [0.2, 0.25) is 0 Å². The van der Waals surface area contributed by atoms with Gasteiger partial charge in [-0.2, -0.15) is 0 Å². The number of amides is 1. The predicted molar refractivity (Wildman–Crippen MR) is 99.6 cm³/mol. The largest absolute Gasteiger partial charge is 0.461 e. The molecule has 2 aromatic rings. The molecule has 2 unspecified atom stereocenters. The Morgan fingerprint density at radius 3 is 3.00 bits per heavy atom. The zero-order valence-corrected chi connectivity index (χ0v) is 15.0. The van der Waals surface area contributed by atoms with Crippen LogP contribution < -0.4 is 10.6 Å². The van der Waals surface area contributed by atoms with E-state index in [1.54, 1.807) is 0 Å². The number of benzene rings is 1. The van der Waals surface area contributed by atoms with Gasteiger partial charge in [0.05, 0.1) is 0 Å². The molecule has 132 valence electrons. The number of para-hydroxylation sites is 1. The smallest absolute Gasteiger partial charge is 0.220 e. The van der Waals surface area contributed by atoms with E-state index in [1.165, 1.54) is 12.8 Å². The molecular formula is C19H27ClN2O2. The number of halogens is 1. The highest BCUT2D eigenvalue weighted by Crippen LogP contribution is 2.22. The molecular weight excluding hydrogens is 324 g/mol. The van der Waals surface area contributed by atoms with E-state index in [4.69, 9.17) is 4.42 Å². The molecule has 24 heavy (non-hydrogen) atoms. The number of carbonyl (C=O) groups is 1. The molecule has 4 nitrogen and oxygen atoms in total. The molecule has 0 saturated carbocycles. The third kappa shape index (κ3) is 4.99. The van der Waals surface area contributed by atoms with Gasteiger partial charge in [0.25, 0.3) is 0 Å². The highest BCUT2D eigenvalue weighted by Gasteiger charge is 2.21. The zero-order chi connectivity index (χ0) is 16.1. The van der Waals surface area contributed by atoms with E-state index in [1.807, 2.05) is 24.3 Å². The number of fused-ring (bicyclic) bond motifs is 1. The highest BCUT2D eigenvalue weighted by atomic mass is 35.5. The number of hydrogen-bond acceptors (Lipinski definition) is 3. The molecule has 3 rings (SSSR count). The van der Waals surface area contributed by atoms with Gasteiger partial charge in [0.2, 0.25) is 5.91 Å². The topological polar surface area (TPSA) is 54.3 Å². The Morgan fingerprint density at radius 2 is 2.25 bits per heavy atom. The third-order valence-electron chi connectivity index (χ3n) is 4.82. The quantitative estimate of drug-likeness (QED) is 0.837. The molecule has 1 aliphatic rings. The molecule has 2 N–H and O–H groups in total. The van der Waals surface area contributed by atoms with Crippen LogP contribution in [0, 0.1) is 11.8 Å². The minimum Gasteiger partial charge on any atom is -0.461 e. The fourth-order valence-electron chi connectivity index (χ4n) is 3.38. The van der Waals surface area contributed by atoms with Crippen LogP contribution >= 0.6 is 12.4 Å². The number of furan rings is 1. The molecule has 0 spiro atoms. The lowest BCUT2D eigenvalue weighted by molar-refractivity contribution is -0.122. The summed E-state index contributed by atoms with van der Waals surface area (Å²) in [5.74, 6) is 2.15. The molecule has 5 heteroatoms. The molecule has 0 radical (unpaired) electrons. The van der Waals surface area contributed by atoms with Crippen LogP contribution in [-0.4, -0.2) is 25.5 Å². The first-order valence-electron chi connectivity index (χ1n) is 8.67. The Kier molecular flexibility index (Phi) is 7.13. The van der Waals surface area contributed by atoms with Crippen LogP contribution in [0.1, 0.15) is 31.9 Å². The molecule has 1 aromatic carbocycles. The lowest BCUT2D eigenvalue weighted by Gasteiger charge is -2.28. The first kappa shape index (κ1) is 18.8. The lowest BCUT2D eigenvalue weighted by atomic mass is 9.85. The van der Waals surface area contributed by atoms with Gasteiger partial charge in [-0.1, -0.05) is 25.1 Å². The SMILES string of the molecule is CC(CC(=O)NCCc1cc2ccccc2o1)C1CCCNC1.Cl. The van der Waals surface area contributed by atoms with E-state index in [-0.39, 0.29) is 18.3 Å². The molecule has 1 aromatic heterocycles.